The number of esters is 1. The molecule has 0 amide bonds. The predicted molar refractivity (Wildman–Crippen MR) is 105 cm³/mol. The van der Waals surface area contributed by atoms with Gasteiger partial charge in [0.25, 0.3) is 0 Å². The van der Waals surface area contributed by atoms with E-state index in [1.165, 1.54) is 0 Å². The zero-order valence-corrected chi connectivity index (χ0v) is 18.4. The molecule has 0 aromatic carbocycles. The Morgan fingerprint density at radius 2 is 1.64 bits per heavy atom. The van der Waals surface area contributed by atoms with Gasteiger partial charge < -0.3 is 13.7 Å². The summed E-state index contributed by atoms with van der Waals surface area (Å²) in [4.78, 5) is 16.2. The molecule has 144 valence electrons. The number of hydrogen-bond acceptors (Lipinski definition) is 4. The van der Waals surface area contributed by atoms with E-state index < -0.39 is 8.32 Å². The van der Waals surface area contributed by atoms with Gasteiger partial charge in [0.15, 0.2) is 14.0 Å². The van der Waals surface area contributed by atoms with Gasteiger partial charge >= 0.3 is 5.97 Å². The van der Waals surface area contributed by atoms with Crippen molar-refractivity contribution in [3.05, 3.63) is 17.7 Å². The molecular formula is C19H36N2O3Si. The first-order chi connectivity index (χ1) is 11.6. The average molecular weight is 369 g/mol. The van der Waals surface area contributed by atoms with Crippen LogP contribution in [0, 0.1) is 6.92 Å². The highest BCUT2D eigenvalue weighted by Crippen LogP contribution is 2.42. The number of ether oxygens (including phenoxy) is 1. The van der Waals surface area contributed by atoms with Crippen LogP contribution in [-0.4, -0.2) is 37.1 Å². The van der Waals surface area contributed by atoms with Crippen LogP contribution in [0.5, 0.6) is 0 Å². The van der Waals surface area contributed by atoms with Gasteiger partial charge in [0.2, 0.25) is 0 Å². The minimum absolute atomic E-state index is 0.124. The number of rotatable bonds is 9. The van der Waals surface area contributed by atoms with Gasteiger partial charge in [-0.25, -0.2) is 9.78 Å². The molecule has 6 heteroatoms. The number of imidazole rings is 1. The molecule has 0 unspecified atom stereocenters. The summed E-state index contributed by atoms with van der Waals surface area (Å²) < 4.78 is 13.7. The largest absolute Gasteiger partial charge is 0.461 e. The molecule has 0 aliphatic heterocycles. The van der Waals surface area contributed by atoms with Crippen molar-refractivity contribution in [2.24, 2.45) is 0 Å². The van der Waals surface area contributed by atoms with E-state index in [1.807, 2.05) is 11.5 Å². The molecule has 0 fully saturated rings. The highest BCUT2D eigenvalue weighted by atomic mass is 28.4. The molecule has 1 aromatic rings. The third kappa shape index (κ3) is 4.73. The standard InChI is InChI=1S/C19H36N2O3Si/c1-10-23-19(22)18-11-21(17(9)20-18)16(8)12-24-25(13(2)3,14(4)5)15(6)7/h11,13-16H,10,12H2,1-9H3/t16-/m1/s1. The molecule has 0 spiro atoms. The second-order valence-corrected chi connectivity index (χ2v) is 13.2. The molecule has 1 rings (SSSR count). The molecule has 25 heavy (non-hydrogen) atoms. The predicted octanol–water partition coefficient (Wildman–Crippen LogP) is 5.12. The maximum Gasteiger partial charge on any atom is 0.358 e. The highest BCUT2D eigenvalue weighted by molar-refractivity contribution is 6.77. The fourth-order valence-corrected chi connectivity index (χ4v) is 9.61. The molecule has 0 saturated heterocycles. The van der Waals surface area contributed by atoms with E-state index in [2.05, 4.69) is 53.5 Å². The summed E-state index contributed by atoms with van der Waals surface area (Å²) in [5.41, 5.74) is 2.03. The Morgan fingerprint density at radius 3 is 2.08 bits per heavy atom. The smallest absolute Gasteiger partial charge is 0.358 e. The molecule has 0 N–H and O–H groups in total. The summed E-state index contributed by atoms with van der Waals surface area (Å²) in [6.07, 6.45) is 1.78. The van der Waals surface area contributed by atoms with Gasteiger partial charge in [0.1, 0.15) is 5.82 Å². The fourth-order valence-electron chi connectivity index (χ4n) is 4.08. The van der Waals surface area contributed by atoms with Crippen molar-refractivity contribution >= 4 is 14.3 Å². The molecule has 1 atom stereocenters. The second kappa shape index (κ2) is 8.99. The summed E-state index contributed by atoms with van der Waals surface area (Å²) in [6.45, 7) is 20.6. The highest BCUT2D eigenvalue weighted by Gasteiger charge is 2.45. The lowest BCUT2D eigenvalue weighted by Crippen LogP contribution is -2.48. The minimum atomic E-state index is -1.89. The summed E-state index contributed by atoms with van der Waals surface area (Å²) in [5, 5.41) is 0. The van der Waals surface area contributed by atoms with Crippen LogP contribution < -0.4 is 0 Å². The van der Waals surface area contributed by atoms with Crippen LogP contribution in [0.3, 0.4) is 0 Å². The summed E-state index contributed by atoms with van der Waals surface area (Å²) in [7, 11) is -1.89. The molecule has 1 aromatic heterocycles. The van der Waals surface area contributed by atoms with Crippen molar-refractivity contribution in [3.63, 3.8) is 0 Å². The van der Waals surface area contributed by atoms with Gasteiger partial charge in [0, 0.05) is 6.20 Å². The van der Waals surface area contributed by atoms with Crippen LogP contribution >= 0.6 is 0 Å². The summed E-state index contributed by atoms with van der Waals surface area (Å²) >= 11 is 0. The number of hydrogen-bond donors (Lipinski definition) is 0. The van der Waals surface area contributed by atoms with Gasteiger partial charge in [-0.15, -0.1) is 0 Å². The maximum absolute atomic E-state index is 11.9. The van der Waals surface area contributed by atoms with Gasteiger partial charge in [-0.1, -0.05) is 41.5 Å². The third-order valence-corrected chi connectivity index (χ3v) is 11.2. The Balaban J connectivity index is 2.95. The lowest BCUT2D eigenvalue weighted by atomic mass is 10.3. The Hall–Kier alpha value is -1.14. The van der Waals surface area contributed by atoms with Crippen LogP contribution in [0.15, 0.2) is 6.20 Å². The number of aromatic nitrogens is 2. The molecule has 5 nitrogen and oxygen atoms in total. The van der Waals surface area contributed by atoms with Crippen LogP contribution in [0.2, 0.25) is 16.6 Å². The number of nitrogens with zero attached hydrogens (tertiary/aromatic N) is 2. The minimum Gasteiger partial charge on any atom is -0.461 e. The molecule has 0 saturated carbocycles. The van der Waals surface area contributed by atoms with Crippen molar-refractivity contribution in [3.8, 4) is 0 Å². The monoisotopic (exact) mass is 368 g/mol. The van der Waals surface area contributed by atoms with Crippen molar-refractivity contribution in [1.82, 2.24) is 9.55 Å². The topological polar surface area (TPSA) is 53.4 Å². The SMILES string of the molecule is CCOC(=O)c1cn([C@H](C)CO[Si](C(C)C)(C(C)C)C(C)C)c(C)n1. The second-order valence-electron chi connectivity index (χ2n) is 7.78. The number of carbonyl (C=O) groups excluding carboxylic acids is 1. The van der Waals surface area contributed by atoms with E-state index in [0.29, 0.717) is 35.5 Å². The van der Waals surface area contributed by atoms with Gasteiger partial charge in [-0.2, -0.15) is 0 Å². The third-order valence-electron chi connectivity index (χ3n) is 5.16. The molecule has 0 bridgehead atoms. The van der Waals surface area contributed by atoms with Crippen LogP contribution in [-0.2, 0) is 9.16 Å². The molecule has 0 aliphatic rings. The zero-order valence-electron chi connectivity index (χ0n) is 17.4. The molecule has 0 radical (unpaired) electrons. The van der Waals surface area contributed by atoms with Crippen LogP contribution in [0.4, 0.5) is 0 Å². The van der Waals surface area contributed by atoms with E-state index in [1.54, 1.807) is 13.1 Å². The fraction of sp³-hybridized carbons (Fsp3) is 0.789. The van der Waals surface area contributed by atoms with Crippen LogP contribution in [0.25, 0.3) is 0 Å². The van der Waals surface area contributed by atoms with Gasteiger partial charge in [0.05, 0.1) is 19.3 Å². The van der Waals surface area contributed by atoms with E-state index >= 15 is 0 Å². The van der Waals surface area contributed by atoms with E-state index in [0.717, 1.165) is 5.82 Å². The molecular weight excluding hydrogens is 332 g/mol. The van der Waals surface area contributed by atoms with Crippen molar-refractivity contribution < 1.29 is 14.0 Å². The summed E-state index contributed by atoms with van der Waals surface area (Å²) in [5.74, 6) is 0.442. The van der Waals surface area contributed by atoms with E-state index in [-0.39, 0.29) is 12.0 Å². The van der Waals surface area contributed by atoms with Gasteiger partial charge in [-0.3, -0.25) is 0 Å². The van der Waals surface area contributed by atoms with E-state index in [9.17, 15) is 4.79 Å². The number of carbonyl (C=O) groups is 1. The molecule has 1 heterocycles. The lowest BCUT2D eigenvalue weighted by Gasteiger charge is -2.42. The van der Waals surface area contributed by atoms with E-state index in [4.69, 9.17) is 9.16 Å². The Labute approximate surface area is 154 Å². The number of aryl methyl sites for hydroxylation is 1. The van der Waals surface area contributed by atoms with Crippen LogP contribution in [0.1, 0.15) is 77.7 Å². The quantitative estimate of drug-likeness (QED) is 0.448. The normalized spacial score (nSPS) is 13.8. The first-order valence-electron chi connectivity index (χ1n) is 9.44. The Morgan fingerprint density at radius 1 is 1.12 bits per heavy atom. The first kappa shape index (κ1) is 21.9. The molecule has 0 aliphatic carbocycles. The Bertz CT molecular complexity index is 545. The first-order valence-corrected chi connectivity index (χ1v) is 11.6. The van der Waals surface area contributed by atoms with Gasteiger partial charge in [-0.05, 0) is 37.4 Å². The van der Waals surface area contributed by atoms with Crippen molar-refractivity contribution in [2.45, 2.75) is 85.0 Å². The lowest BCUT2D eigenvalue weighted by molar-refractivity contribution is 0.0519. The Kier molecular flexibility index (Phi) is 7.87. The van der Waals surface area contributed by atoms with Crippen molar-refractivity contribution in [2.75, 3.05) is 13.2 Å². The van der Waals surface area contributed by atoms with Crippen molar-refractivity contribution in [1.29, 1.82) is 0 Å². The summed E-state index contributed by atoms with van der Waals surface area (Å²) in [6, 6.07) is 0.124. The zero-order chi connectivity index (χ0) is 19.4. The average Bonchev–Trinajstić information content (AvgIpc) is 2.89. The maximum atomic E-state index is 11.9.